The summed E-state index contributed by atoms with van der Waals surface area (Å²) in [6, 6.07) is 75.1. The van der Waals surface area contributed by atoms with Gasteiger partial charge >= 0.3 is 0 Å². The molecule has 258 valence electrons. The van der Waals surface area contributed by atoms with Gasteiger partial charge in [0.25, 0.3) is 0 Å². The van der Waals surface area contributed by atoms with Gasteiger partial charge in [-0.15, -0.1) is 11.3 Å². The lowest BCUT2D eigenvalue weighted by atomic mass is 9.98. The molecule has 0 fully saturated rings. The van der Waals surface area contributed by atoms with Crippen LogP contribution in [0.4, 0.5) is 17.1 Å². The number of aromatic nitrogens is 1. The molecule has 0 aliphatic rings. The van der Waals surface area contributed by atoms with Gasteiger partial charge in [-0.1, -0.05) is 158 Å². The first-order valence-corrected chi connectivity index (χ1v) is 19.6. The Bertz CT molecular complexity index is 3150. The highest BCUT2D eigenvalue weighted by molar-refractivity contribution is 7.26. The molecule has 0 bridgehead atoms. The third-order valence-electron chi connectivity index (χ3n) is 11.0. The molecule has 0 aliphatic heterocycles. The van der Waals surface area contributed by atoms with E-state index in [1.807, 2.05) is 11.3 Å². The molecular formula is C52H34N2S. The van der Waals surface area contributed by atoms with E-state index in [0.29, 0.717) is 0 Å². The van der Waals surface area contributed by atoms with E-state index in [1.165, 1.54) is 92.1 Å². The second-order valence-corrected chi connectivity index (χ2v) is 15.1. The van der Waals surface area contributed by atoms with Crippen LogP contribution in [-0.2, 0) is 0 Å². The molecule has 2 aromatic heterocycles. The SMILES string of the molecule is c1ccc(-n2c3ccccc3c3ccccc32)c(-c2ccc(-c3ccc(N(c4cccc5ccccc45)c4cccc5c4sc4ccccc45)cc3)cc2)c1. The molecule has 0 saturated heterocycles. The molecule has 11 rings (SSSR count). The average Bonchev–Trinajstić information content (AvgIpc) is 3.81. The number of benzene rings is 9. The van der Waals surface area contributed by atoms with E-state index in [9.17, 15) is 0 Å². The van der Waals surface area contributed by atoms with Gasteiger partial charge in [-0.25, -0.2) is 0 Å². The van der Waals surface area contributed by atoms with Crippen LogP contribution in [0.1, 0.15) is 0 Å². The standard InChI is InChI=1S/C52H34N2S/c1-2-15-40-37(13-1)14-11-24-46(40)53(50-25-12-20-45-44-19-6-10-26-51(44)55-52(45)50)39-33-31-36(32-34-39)35-27-29-38(30-28-35)41-16-3-7-21-47(41)54-48-22-8-4-17-42(48)43-18-5-9-23-49(43)54/h1-34H. The van der Waals surface area contributed by atoms with Gasteiger partial charge in [0.1, 0.15) is 0 Å². The molecule has 0 aliphatic carbocycles. The van der Waals surface area contributed by atoms with Crippen molar-refractivity contribution in [2.45, 2.75) is 0 Å². The highest BCUT2D eigenvalue weighted by Crippen LogP contribution is 2.46. The summed E-state index contributed by atoms with van der Waals surface area (Å²) in [4.78, 5) is 2.44. The lowest BCUT2D eigenvalue weighted by molar-refractivity contribution is 1.18. The summed E-state index contributed by atoms with van der Waals surface area (Å²) in [6.07, 6.45) is 0. The van der Waals surface area contributed by atoms with Crippen LogP contribution in [0.2, 0.25) is 0 Å². The Morgan fingerprint density at radius 1 is 0.364 bits per heavy atom. The van der Waals surface area contributed by atoms with Crippen molar-refractivity contribution in [2.75, 3.05) is 4.90 Å². The monoisotopic (exact) mass is 718 g/mol. The van der Waals surface area contributed by atoms with Crippen molar-refractivity contribution < 1.29 is 0 Å². The molecule has 0 radical (unpaired) electrons. The molecular weight excluding hydrogens is 685 g/mol. The zero-order chi connectivity index (χ0) is 36.3. The van der Waals surface area contributed by atoms with Gasteiger partial charge < -0.3 is 9.47 Å². The molecule has 0 N–H and O–H groups in total. The highest BCUT2D eigenvalue weighted by atomic mass is 32.1. The summed E-state index contributed by atoms with van der Waals surface area (Å²) >= 11 is 1.87. The van der Waals surface area contributed by atoms with E-state index in [2.05, 4.69) is 216 Å². The van der Waals surface area contributed by atoms with Crippen molar-refractivity contribution in [1.29, 1.82) is 0 Å². The Kier molecular flexibility index (Phi) is 7.39. The third kappa shape index (κ3) is 5.16. The first-order valence-electron chi connectivity index (χ1n) is 18.8. The highest BCUT2D eigenvalue weighted by Gasteiger charge is 2.20. The van der Waals surface area contributed by atoms with Crippen molar-refractivity contribution in [2.24, 2.45) is 0 Å². The smallest absolute Gasteiger partial charge is 0.0640 e. The first kappa shape index (κ1) is 31.6. The molecule has 3 heteroatoms. The summed E-state index contributed by atoms with van der Waals surface area (Å²) in [5.74, 6) is 0. The van der Waals surface area contributed by atoms with E-state index in [4.69, 9.17) is 0 Å². The van der Waals surface area contributed by atoms with Gasteiger partial charge in [0.05, 0.1) is 32.8 Å². The molecule has 9 aromatic carbocycles. The molecule has 0 unspecified atom stereocenters. The van der Waals surface area contributed by atoms with Gasteiger partial charge in [-0.3, -0.25) is 0 Å². The molecule has 0 spiro atoms. The molecule has 2 heterocycles. The number of nitrogens with zero attached hydrogens (tertiary/aromatic N) is 2. The third-order valence-corrected chi connectivity index (χ3v) is 12.2. The number of anilines is 3. The Morgan fingerprint density at radius 3 is 1.65 bits per heavy atom. The van der Waals surface area contributed by atoms with Gasteiger partial charge in [0, 0.05) is 42.9 Å². The van der Waals surface area contributed by atoms with Gasteiger partial charge in [-0.05, 0) is 70.6 Å². The number of fused-ring (bicyclic) bond motifs is 7. The minimum Gasteiger partial charge on any atom is -0.309 e. The topological polar surface area (TPSA) is 8.17 Å². The lowest BCUT2D eigenvalue weighted by Crippen LogP contribution is -2.10. The molecule has 0 amide bonds. The van der Waals surface area contributed by atoms with E-state index in [1.54, 1.807) is 0 Å². The van der Waals surface area contributed by atoms with Crippen LogP contribution in [0.5, 0.6) is 0 Å². The number of hydrogen-bond donors (Lipinski definition) is 0. The van der Waals surface area contributed by atoms with Crippen molar-refractivity contribution in [3.8, 4) is 27.9 Å². The van der Waals surface area contributed by atoms with E-state index < -0.39 is 0 Å². The fraction of sp³-hybridized carbons (Fsp3) is 0. The first-order chi connectivity index (χ1) is 27.3. The minimum absolute atomic E-state index is 1.13. The summed E-state index contributed by atoms with van der Waals surface area (Å²) in [5.41, 5.74) is 11.9. The number of thiophene rings is 1. The van der Waals surface area contributed by atoms with Crippen LogP contribution in [0.15, 0.2) is 206 Å². The van der Waals surface area contributed by atoms with Crippen LogP contribution in [0.25, 0.3) is 80.7 Å². The van der Waals surface area contributed by atoms with Gasteiger partial charge in [0.15, 0.2) is 0 Å². The zero-order valence-electron chi connectivity index (χ0n) is 29.9. The quantitative estimate of drug-likeness (QED) is 0.166. The minimum atomic E-state index is 1.13. The summed E-state index contributed by atoms with van der Waals surface area (Å²) in [5, 5.41) is 7.59. The normalized spacial score (nSPS) is 11.6. The molecule has 0 saturated carbocycles. The van der Waals surface area contributed by atoms with E-state index in [-0.39, 0.29) is 0 Å². The fourth-order valence-electron chi connectivity index (χ4n) is 8.46. The molecule has 11 aromatic rings. The van der Waals surface area contributed by atoms with Gasteiger partial charge in [-0.2, -0.15) is 0 Å². The van der Waals surface area contributed by atoms with E-state index >= 15 is 0 Å². The van der Waals surface area contributed by atoms with E-state index in [0.717, 1.165) is 5.69 Å². The molecule has 0 atom stereocenters. The van der Waals surface area contributed by atoms with Crippen LogP contribution in [0.3, 0.4) is 0 Å². The fourth-order valence-corrected chi connectivity index (χ4v) is 9.67. The Hall–Kier alpha value is -6.94. The van der Waals surface area contributed by atoms with Crippen LogP contribution in [0, 0.1) is 0 Å². The lowest BCUT2D eigenvalue weighted by Gasteiger charge is -2.27. The largest absolute Gasteiger partial charge is 0.309 e. The second-order valence-electron chi connectivity index (χ2n) is 14.1. The summed E-state index contributed by atoms with van der Waals surface area (Å²) in [6.45, 7) is 0. The predicted molar refractivity (Wildman–Crippen MR) is 237 cm³/mol. The van der Waals surface area contributed by atoms with Gasteiger partial charge in [0.2, 0.25) is 0 Å². The average molecular weight is 719 g/mol. The maximum absolute atomic E-state index is 2.44. The van der Waals surface area contributed by atoms with Crippen molar-refractivity contribution >= 4 is 81.1 Å². The van der Waals surface area contributed by atoms with Crippen molar-refractivity contribution in [1.82, 2.24) is 4.57 Å². The van der Waals surface area contributed by atoms with Crippen LogP contribution < -0.4 is 4.90 Å². The Labute approximate surface area is 323 Å². The molecule has 2 nitrogen and oxygen atoms in total. The van der Waals surface area contributed by atoms with Crippen molar-refractivity contribution in [3.63, 3.8) is 0 Å². The predicted octanol–water partition coefficient (Wildman–Crippen LogP) is 15.1. The zero-order valence-corrected chi connectivity index (χ0v) is 30.7. The van der Waals surface area contributed by atoms with Crippen LogP contribution in [-0.4, -0.2) is 4.57 Å². The molecule has 55 heavy (non-hydrogen) atoms. The Morgan fingerprint density at radius 2 is 0.891 bits per heavy atom. The number of rotatable bonds is 6. The maximum atomic E-state index is 2.44. The second kappa shape index (κ2) is 12.9. The summed E-state index contributed by atoms with van der Waals surface area (Å²) < 4.78 is 5.00. The number of para-hydroxylation sites is 3. The number of hydrogen-bond acceptors (Lipinski definition) is 2. The Balaban J connectivity index is 0.994. The van der Waals surface area contributed by atoms with Crippen LogP contribution >= 0.6 is 11.3 Å². The maximum Gasteiger partial charge on any atom is 0.0640 e. The summed E-state index contributed by atoms with van der Waals surface area (Å²) in [7, 11) is 0. The van der Waals surface area contributed by atoms with Crippen molar-refractivity contribution in [3.05, 3.63) is 206 Å².